The first-order chi connectivity index (χ1) is 7.58. The third kappa shape index (κ3) is 2.55. The Morgan fingerprint density at radius 2 is 2.19 bits per heavy atom. The molecule has 0 aromatic rings. The molecule has 88 valence electrons. The molecule has 1 aliphatic carbocycles. The quantitative estimate of drug-likeness (QED) is 0.705. The number of amides is 2. The molecule has 1 saturated carbocycles. The molecule has 0 unspecified atom stereocenters. The SMILES string of the molecule is CC(=O)NN1C(=O)C[C@H]1SCC(=O)C1CC1. The number of β-lactam (4-membered cyclic amide) rings is 1. The molecule has 16 heavy (non-hydrogen) atoms. The lowest BCUT2D eigenvalue weighted by Crippen LogP contribution is -2.59. The molecule has 0 radical (unpaired) electrons. The Bertz CT molecular complexity index is 341. The molecular formula is C10H14N2O3S. The maximum absolute atomic E-state index is 11.4. The highest BCUT2D eigenvalue weighted by molar-refractivity contribution is 8.00. The Kier molecular flexibility index (Phi) is 3.18. The number of nitrogens with one attached hydrogen (secondary N) is 1. The molecule has 0 bridgehead atoms. The summed E-state index contributed by atoms with van der Waals surface area (Å²) in [6, 6.07) is 0. The number of carbonyl (C=O) groups is 3. The average Bonchev–Trinajstić information content (AvgIpc) is 3.03. The predicted molar refractivity (Wildman–Crippen MR) is 59.3 cm³/mol. The van der Waals surface area contributed by atoms with Crippen LogP contribution in [0.25, 0.3) is 0 Å². The van der Waals surface area contributed by atoms with Crippen LogP contribution in [0.5, 0.6) is 0 Å². The molecule has 0 aromatic carbocycles. The molecule has 2 rings (SSSR count). The summed E-state index contributed by atoms with van der Waals surface area (Å²) in [5.74, 6) is 0.627. The van der Waals surface area contributed by atoms with E-state index in [0.717, 1.165) is 12.8 Å². The molecule has 0 aromatic heterocycles. The van der Waals surface area contributed by atoms with Crippen molar-refractivity contribution < 1.29 is 14.4 Å². The Morgan fingerprint density at radius 1 is 1.50 bits per heavy atom. The normalized spacial score (nSPS) is 23.9. The first-order valence-electron chi connectivity index (χ1n) is 5.31. The summed E-state index contributed by atoms with van der Waals surface area (Å²) in [5, 5.41) is 1.24. The van der Waals surface area contributed by atoms with Gasteiger partial charge in [-0.25, -0.2) is 5.01 Å². The standard InChI is InChI=1S/C10H14N2O3S/c1-6(13)11-12-9(15)4-10(12)16-5-8(14)7-2-3-7/h7,10H,2-5H2,1H3,(H,11,13)/t10-/m1/s1. The lowest BCUT2D eigenvalue weighted by molar-refractivity contribution is -0.151. The molecule has 0 spiro atoms. The summed E-state index contributed by atoms with van der Waals surface area (Å²) >= 11 is 1.43. The largest absolute Gasteiger partial charge is 0.298 e. The van der Waals surface area contributed by atoms with E-state index >= 15 is 0 Å². The number of hydrazine groups is 1. The number of thioether (sulfide) groups is 1. The minimum atomic E-state index is -0.257. The Hall–Kier alpha value is -1.04. The van der Waals surface area contributed by atoms with E-state index < -0.39 is 0 Å². The fourth-order valence-electron chi connectivity index (χ4n) is 1.53. The van der Waals surface area contributed by atoms with E-state index in [1.54, 1.807) is 0 Å². The van der Waals surface area contributed by atoms with Crippen LogP contribution in [-0.2, 0) is 14.4 Å². The van der Waals surface area contributed by atoms with Gasteiger partial charge in [-0.05, 0) is 12.8 Å². The van der Waals surface area contributed by atoms with Gasteiger partial charge in [-0.1, -0.05) is 0 Å². The lowest BCUT2D eigenvalue weighted by Gasteiger charge is -2.38. The van der Waals surface area contributed by atoms with Crippen LogP contribution in [0.1, 0.15) is 26.2 Å². The smallest absolute Gasteiger partial charge is 0.245 e. The van der Waals surface area contributed by atoms with Crippen LogP contribution in [0, 0.1) is 5.92 Å². The van der Waals surface area contributed by atoms with Gasteiger partial charge in [-0.15, -0.1) is 11.8 Å². The minimum Gasteiger partial charge on any atom is -0.298 e. The predicted octanol–water partition coefficient (Wildman–Crippen LogP) is 0.308. The van der Waals surface area contributed by atoms with Gasteiger partial charge in [-0.2, -0.15) is 0 Å². The maximum Gasteiger partial charge on any atom is 0.245 e. The van der Waals surface area contributed by atoms with Crippen molar-refractivity contribution in [1.82, 2.24) is 10.4 Å². The van der Waals surface area contributed by atoms with E-state index in [9.17, 15) is 14.4 Å². The molecule has 5 nitrogen and oxygen atoms in total. The second kappa shape index (κ2) is 4.45. The first kappa shape index (κ1) is 11.4. The van der Waals surface area contributed by atoms with Gasteiger partial charge in [0.15, 0.2) is 0 Å². The minimum absolute atomic E-state index is 0.0703. The van der Waals surface area contributed by atoms with Crippen molar-refractivity contribution in [2.75, 3.05) is 5.75 Å². The van der Waals surface area contributed by atoms with Crippen molar-refractivity contribution in [3.8, 4) is 0 Å². The van der Waals surface area contributed by atoms with Crippen LogP contribution in [0.2, 0.25) is 0 Å². The Balaban J connectivity index is 1.74. The van der Waals surface area contributed by atoms with Crippen LogP contribution < -0.4 is 5.43 Å². The number of ketones is 1. The van der Waals surface area contributed by atoms with Crippen molar-refractivity contribution in [2.24, 2.45) is 5.92 Å². The zero-order valence-electron chi connectivity index (χ0n) is 9.06. The summed E-state index contributed by atoms with van der Waals surface area (Å²) < 4.78 is 0. The average molecular weight is 242 g/mol. The molecule has 6 heteroatoms. The number of rotatable bonds is 5. The highest BCUT2D eigenvalue weighted by Crippen LogP contribution is 2.33. The van der Waals surface area contributed by atoms with Crippen molar-refractivity contribution in [3.63, 3.8) is 0 Å². The van der Waals surface area contributed by atoms with Gasteiger partial charge in [0.1, 0.15) is 11.2 Å². The molecule has 2 fully saturated rings. The Morgan fingerprint density at radius 3 is 2.69 bits per heavy atom. The van der Waals surface area contributed by atoms with Gasteiger partial charge < -0.3 is 0 Å². The van der Waals surface area contributed by atoms with Gasteiger partial charge in [0.25, 0.3) is 0 Å². The third-order valence-electron chi connectivity index (χ3n) is 2.63. The number of hydrogen-bond donors (Lipinski definition) is 1. The molecule has 2 amide bonds. The van der Waals surface area contributed by atoms with Gasteiger partial charge in [0.2, 0.25) is 11.8 Å². The number of hydrogen-bond acceptors (Lipinski definition) is 4. The van der Waals surface area contributed by atoms with Gasteiger partial charge in [-0.3, -0.25) is 19.8 Å². The van der Waals surface area contributed by atoms with E-state index in [0.29, 0.717) is 12.2 Å². The number of nitrogens with zero attached hydrogens (tertiary/aromatic N) is 1. The highest BCUT2D eigenvalue weighted by atomic mass is 32.2. The zero-order valence-corrected chi connectivity index (χ0v) is 9.88. The summed E-state index contributed by atoms with van der Waals surface area (Å²) in [4.78, 5) is 33.4. The van der Waals surface area contributed by atoms with E-state index in [2.05, 4.69) is 5.43 Å². The Labute approximate surface area is 97.9 Å². The number of Topliss-reactive ketones (excluding diaryl/α,β-unsaturated/α-hetero) is 1. The van der Waals surface area contributed by atoms with E-state index in [1.807, 2.05) is 0 Å². The molecule has 2 aliphatic rings. The fourth-order valence-corrected chi connectivity index (χ4v) is 2.70. The topological polar surface area (TPSA) is 66.5 Å². The second-order valence-electron chi connectivity index (χ2n) is 4.14. The maximum atomic E-state index is 11.4. The molecular weight excluding hydrogens is 228 g/mol. The van der Waals surface area contributed by atoms with Gasteiger partial charge >= 0.3 is 0 Å². The van der Waals surface area contributed by atoms with Crippen LogP contribution in [0.4, 0.5) is 0 Å². The molecule has 1 N–H and O–H groups in total. The summed E-state index contributed by atoms with van der Waals surface area (Å²) in [7, 11) is 0. The fraction of sp³-hybridized carbons (Fsp3) is 0.700. The van der Waals surface area contributed by atoms with E-state index in [-0.39, 0.29) is 28.9 Å². The van der Waals surface area contributed by atoms with Crippen LogP contribution in [0.3, 0.4) is 0 Å². The van der Waals surface area contributed by atoms with Crippen molar-refractivity contribution in [2.45, 2.75) is 31.6 Å². The van der Waals surface area contributed by atoms with E-state index in [4.69, 9.17) is 0 Å². The molecule has 1 aliphatic heterocycles. The zero-order chi connectivity index (χ0) is 11.7. The summed E-state index contributed by atoms with van der Waals surface area (Å²) in [6.45, 7) is 1.36. The monoisotopic (exact) mass is 242 g/mol. The molecule has 1 saturated heterocycles. The van der Waals surface area contributed by atoms with Gasteiger partial charge in [0.05, 0.1) is 12.2 Å². The van der Waals surface area contributed by atoms with Crippen LogP contribution in [-0.4, -0.2) is 33.7 Å². The lowest BCUT2D eigenvalue weighted by atomic mass is 10.2. The molecule has 1 atom stereocenters. The van der Waals surface area contributed by atoms with Crippen LogP contribution in [0.15, 0.2) is 0 Å². The van der Waals surface area contributed by atoms with Crippen molar-refractivity contribution in [1.29, 1.82) is 0 Å². The first-order valence-corrected chi connectivity index (χ1v) is 6.36. The summed E-state index contributed by atoms with van der Waals surface area (Å²) in [6.07, 6.45) is 2.43. The van der Waals surface area contributed by atoms with Gasteiger partial charge in [0, 0.05) is 12.8 Å². The van der Waals surface area contributed by atoms with Crippen molar-refractivity contribution in [3.05, 3.63) is 0 Å². The van der Waals surface area contributed by atoms with Crippen LogP contribution >= 0.6 is 11.8 Å². The third-order valence-corrected chi connectivity index (χ3v) is 3.85. The highest BCUT2D eigenvalue weighted by Gasteiger charge is 2.38. The summed E-state index contributed by atoms with van der Waals surface area (Å²) in [5.41, 5.74) is 2.46. The number of carbonyl (C=O) groups excluding carboxylic acids is 3. The molecule has 1 heterocycles. The second-order valence-corrected chi connectivity index (χ2v) is 5.31. The van der Waals surface area contributed by atoms with Crippen molar-refractivity contribution >= 4 is 29.4 Å². The van der Waals surface area contributed by atoms with E-state index in [1.165, 1.54) is 23.7 Å².